The summed E-state index contributed by atoms with van der Waals surface area (Å²) < 4.78 is 1.39. The lowest BCUT2D eigenvalue weighted by Crippen LogP contribution is -2.20. The maximum absolute atomic E-state index is 11.3. The highest BCUT2D eigenvalue weighted by atomic mass is 32.2. The molecule has 1 fully saturated rings. The number of rotatable bonds is 3. The monoisotopic (exact) mass is 265 g/mol. The van der Waals surface area contributed by atoms with Gasteiger partial charge in [0.2, 0.25) is 0 Å². The van der Waals surface area contributed by atoms with Crippen LogP contribution in [0.4, 0.5) is 5.82 Å². The van der Waals surface area contributed by atoms with Crippen LogP contribution in [0.15, 0.2) is 17.2 Å². The molecule has 0 spiro atoms. The minimum absolute atomic E-state index is 0.258. The molecule has 18 heavy (non-hydrogen) atoms. The predicted molar refractivity (Wildman–Crippen MR) is 72.2 cm³/mol. The molecule has 1 aliphatic rings. The summed E-state index contributed by atoms with van der Waals surface area (Å²) in [6, 6.07) is 1.78. The Morgan fingerprint density at radius 2 is 2.50 bits per heavy atom. The van der Waals surface area contributed by atoms with E-state index in [0.29, 0.717) is 10.9 Å². The largest absolute Gasteiger partial charge is 0.369 e. The number of fused-ring (bicyclic) bond motifs is 1. The Bertz CT molecular complexity index is 586. The standard InChI is InChI=1S/C11H15N5OS/c17-11-15-14-10-5-9(13-7-16(10)11)12-6-8-3-1-2-4-18-8/h5,7-8,12H,1-4,6H2,(H,15,17). The highest BCUT2D eigenvalue weighted by Crippen LogP contribution is 2.25. The number of nitrogens with one attached hydrogen (secondary N) is 2. The molecular weight excluding hydrogens is 250 g/mol. The fourth-order valence-electron chi connectivity index (χ4n) is 2.09. The number of H-pyrrole nitrogens is 1. The molecule has 1 aliphatic heterocycles. The summed E-state index contributed by atoms with van der Waals surface area (Å²) in [7, 11) is 0. The van der Waals surface area contributed by atoms with Crippen molar-refractivity contribution in [2.24, 2.45) is 0 Å². The quantitative estimate of drug-likeness (QED) is 0.869. The fraction of sp³-hybridized carbons (Fsp3) is 0.545. The predicted octanol–water partition coefficient (Wildman–Crippen LogP) is 1.12. The third kappa shape index (κ3) is 2.35. The van der Waals surface area contributed by atoms with E-state index < -0.39 is 0 Å². The molecule has 0 amide bonds. The first-order valence-electron chi connectivity index (χ1n) is 6.11. The lowest BCUT2D eigenvalue weighted by molar-refractivity contribution is 0.677. The molecule has 1 unspecified atom stereocenters. The van der Waals surface area contributed by atoms with Crippen LogP contribution in [0.1, 0.15) is 19.3 Å². The molecule has 6 nitrogen and oxygen atoms in total. The molecule has 3 heterocycles. The molecule has 0 saturated carbocycles. The second-order valence-corrected chi connectivity index (χ2v) is 5.81. The zero-order chi connectivity index (χ0) is 12.4. The molecule has 96 valence electrons. The van der Waals surface area contributed by atoms with Crippen LogP contribution in [0.5, 0.6) is 0 Å². The van der Waals surface area contributed by atoms with Gasteiger partial charge >= 0.3 is 5.69 Å². The Morgan fingerprint density at radius 1 is 1.56 bits per heavy atom. The minimum atomic E-state index is -0.258. The number of hydrogen-bond acceptors (Lipinski definition) is 5. The summed E-state index contributed by atoms with van der Waals surface area (Å²) in [5.74, 6) is 2.03. The third-order valence-electron chi connectivity index (χ3n) is 3.09. The Balaban J connectivity index is 1.68. The zero-order valence-electron chi connectivity index (χ0n) is 9.93. The number of aromatic nitrogens is 4. The van der Waals surface area contributed by atoms with Gasteiger partial charge in [0.15, 0.2) is 5.65 Å². The fourth-order valence-corrected chi connectivity index (χ4v) is 3.33. The molecular formula is C11H15N5OS. The topological polar surface area (TPSA) is 75.1 Å². The first-order chi connectivity index (χ1) is 8.83. The molecule has 2 aromatic rings. The molecule has 1 saturated heterocycles. The van der Waals surface area contributed by atoms with Crippen molar-refractivity contribution in [3.8, 4) is 0 Å². The molecule has 3 rings (SSSR count). The summed E-state index contributed by atoms with van der Waals surface area (Å²) >= 11 is 2.02. The third-order valence-corrected chi connectivity index (χ3v) is 4.49. The summed E-state index contributed by atoms with van der Waals surface area (Å²) in [5.41, 5.74) is 0.334. The summed E-state index contributed by atoms with van der Waals surface area (Å²) in [5, 5.41) is 10.3. The van der Waals surface area contributed by atoms with E-state index in [2.05, 4.69) is 20.5 Å². The zero-order valence-corrected chi connectivity index (χ0v) is 10.7. The van der Waals surface area contributed by atoms with Gasteiger partial charge < -0.3 is 5.32 Å². The van der Waals surface area contributed by atoms with Crippen LogP contribution in [-0.2, 0) is 0 Å². The van der Waals surface area contributed by atoms with E-state index in [9.17, 15) is 4.79 Å². The highest BCUT2D eigenvalue weighted by molar-refractivity contribution is 7.99. The molecule has 0 aromatic carbocycles. The van der Waals surface area contributed by atoms with Gasteiger partial charge in [-0.25, -0.2) is 19.3 Å². The van der Waals surface area contributed by atoms with Gasteiger partial charge in [-0.2, -0.15) is 16.9 Å². The van der Waals surface area contributed by atoms with E-state index in [1.54, 1.807) is 6.07 Å². The summed E-state index contributed by atoms with van der Waals surface area (Å²) in [6.45, 7) is 0.919. The van der Waals surface area contributed by atoms with Gasteiger partial charge in [-0.15, -0.1) is 0 Å². The summed E-state index contributed by atoms with van der Waals surface area (Å²) in [4.78, 5) is 15.5. The van der Waals surface area contributed by atoms with Crippen LogP contribution >= 0.6 is 11.8 Å². The number of hydrogen-bond donors (Lipinski definition) is 2. The number of thioether (sulfide) groups is 1. The SMILES string of the molecule is O=c1[nH]nc2cc(NCC3CCCCS3)ncn12. The number of anilines is 1. The van der Waals surface area contributed by atoms with E-state index in [-0.39, 0.29) is 5.69 Å². The van der Waals surface area contributed by atoms with Gasteiger partial charge in [-0.3, -0.25) is 0 Å². The first kappa shape index (κ1) is 11.6. The molecule has 2 aromatic heterocycles. The van der Waals surface area contributed by atoms with Crippen LogP contribution in [-0.4, -0.2) is 37.1 Å². The Morgan fingerprint density at radius 3 is 3.33 bits per heavy atom. The van der Waals surface area contributed by atoms with Gasteiger partial charge in [0, 0.05) is 17.9 Å². The van der Waals surface area contributed by atoms with Crippen molar-refractivity contribution < 1.29 is 0 Å². The molecule has 0 bridgehead atoms. The normalized spacial score (nSPS) is 20.1. The highest BCUT2D eigenvalue weighted by Gasteiger charge is 2.13. The minimum Gasteiger partial charge on any atom is -0.369 e. The Kier molecular flexibility index (Phi) is 3.22. The van der Waals surface area contributed by atoms with E-state index >= 15 is 0 Å². The van der Waals surface area contributed by atoms with E-state index in [4.69, 9.17) is 0 Å². The number of nitrogens with zero attached hydrogens (tertiary/aromatic N) is 3. The van der Waals surface area contributed by atoms with Crippen molar-refractivity contribution in [1.29, 1.82) is 0 Å². The molecule has 1 atom stereocenters. The van der Waals surface area contributed by atoms with Crippen molar-refractivity contribution in [3.63, 3.8) is 0 Å². The first-order valence-corrected chi connectivity index (χ1v) is 7.16. The lowest BCUT2D eigenvalue weighted by atomic mass is 10.2. The van der Waals surface area contributed by atoms with Crippen LogP contribution in [0.3, 0.4) is 0 Å². The second kappa shape index (κ2) is 5.01. The van der Waals surface area contributed by atoms with Crippen LogP contribution in [0.2, 0.25) is 0 Å². The van der Waals surface area contributed by atoms with Crippen molar-refractivity contribution >= 4 is 23.2 Å². The van der Waals surface area contributed by atoms with Crippen molar-refractivity contribution in [3.05, 3.63) is 22.9 Å². The smallest absolute Gasteiger partial charge is 0.348 e. The molecule has 2 N–H and O–H groups in total. The van der Waals surface area contributed by atoms with E-state index in [1.807, 2.05) is 11.8 Å². The van der Waals surface area contributed by atoms with Crippen LogP contribution in [0.25, 0.3) is 5.65 Å². The van der Waals surface area contributed by atoms with Gasteiger partial charge in [-0.1, -0.05) is 6.42 Å². The van der Waals surface area contributed by atoms with Gasteiger partial charge in [0.1, 0.15) is 12.1 Å². The van der Waals surface area contributed by atoms with E-state index in [0.717, 1.165) is 12.4 Å². The molecule has 0 radical (unpaired) electrons. The van der Waals surface area contributed by atoms with Crippen molar-refractivity contribution in [1.82, 2.24) is 19.6 Å². The molecule has 7 heteroatoms. The lowest BCUT2D eigenvalue weighted by Gasteiger charge is -2.21. The molecule has 0 aliphatic carbocycles. The van der Waals surface area contributed by atoms with Crippen LogP contribution < -0.4 is 11.0 Å². The average molecular weight is 265 g/mol. The average Bonchev–Trinajstić information content (AvgIpc) is 2.79. The van der Waals surface area contributed by atoms with Crippen molar-refractivity contribution in [2.45, 2.75) is 24.5 Å². The maximum atomic E-state index is 11.3. The van der Waals surface area contributed by atoms with Gasteiger partial charge in [-0.05, 0) is 18.6 Å². The van der Waals surface area contributed by atoms with Gasteiger partial charge in [0.25, 0.3) is 0 Å². The second-order valence-electron chi connectivity index (χ2n) is 4.40. The number of aromatic amines is 1. The Hall–Kier alpha value is -1.50. The van der Waals surface area contributed by atoms with Gasteiger partial charge in [0.05, 0.1) is 0 Å². The van der Waals surface area contributed by atoms with E-state index in [1.165, 1.54) is 35.7 Å². The summed E-state index contributed by atoms with van der Waals surface area (Å²) in [6.07, 6.45) is 5.42. The maximum Gasteiger partial charge on any atom is 0.348 e. The Labute approximate surface area is 108 Å². The van der Waals surface area contributed by atoms with Crippen molar-refractivity contribution in [2.75, 3.05) is 17.6 Å². The van der Waals surface area contributed by atoms with Crippen LogP contribution in [0, 0.1) is 0 Å².